The number of rotatable bonds is 1. The first kappa shape index (κ1) is 10.6. The van der Waals surface area contributed by atoms with Crippen LogP contribution < -0.4 is 10.6 Å². The van der Waals surface area contributed by atoms with Crippen LogP contribution in [0, 0.1) is 11.3 Å². The molecule has 3 nitrogen and oxygen atoms in total. The lowest BCUT2D eigenvalue weighted by atomic mass is 10.2. The van der Waals surface area contributed by atoms with E-state index >= 15 is 0 Å². The van der Waals surface area contributed by atoms with Crippen molar-refractivity contribution in [2.75, 3.05) is 11.4 Å². The Bertz CT molecular complexity index is 511. The van der Waals surface area contributed by atoms with Crippen LogP contribution in [-0.4, -0.2) is 6.54 Å². The number of nitriles is 1. The molecule has 0 aromatic heterocycles. The van der Waals surface area contributed by atoms with Crippen molar-refractivity contribution in [3.8, 4) is 6.07 Å². The van der Waals surface area contributed by atoms with Crippen LogP contribution in [0.15, 0.2) is 47.3 Å². The second-order valence-electron chi connectivity index (χ2n) is 3.39. The van der Waals surface area contributed by atoms with E-state index in [1.807, 2.05) is 6.07 Å². The summed E-state index contributed by atoms with van der Waals surface area (Å²) >= 11 is 5.90. The van der Waals surface area contributed by atoms with Gasteiger partial charge in [-0.25, -0.2) is 0 Å². The van der Waals surface area contributed by atoms with E-state index in [4.69, 9.17) is 16.9 Å². The summed E-state index contributed by atoms with van der Waals surface area (Å²) in [5.41, 5.74) is 11.0. The molecule has 0 N–H and O–H groups in total. The van der Waals surface area contributed by atoms with E-state index in [0.717, 1.165) is 5.69 Å². The molecule has 0 spiro atoms. The molecule has 0 saturated heterocycles. The maximum Gasteiger partial charge on any atom is 0.156 e. The molecule has 16 heavy (non-hydrogen) atoms. The fraction of sp³-hybridized carbons (Fsp3) is 0.0833. The standard InChI is InChI=1S/C12H8ClN3/c13-10-4-5-12(15)16(8-10)11-3-1-2-9(6-11)7-14/h1-6H,8H2. The minimum Gasteiger partial charge on any atom is -0.320 e. The molecule has 1 heterocycles. The molecule has 1 aliphatic heterocycles. The maximum absolute atomic E-state index is 9.70. The molecule has 0 amide bonds. The predicted molar refractivity (Wildman–Crippen MR) is 62.7 cm³/mol. The summed E-state index contributed by atoms with van der Waals surface area (Å²) in [6, 6.07) is 9.07. The lowest BCUT2D eigenvalue weighted by molar-refractivity contribution is 0.949. The number of hydrogen-bond donors (Lipinski definition) is 0. The molecule has 0 saturated carbocycles. The van der Waals surface area contributed by atoms with Gasteiger partial charge in [-0.15, -0.1) is 5.73 Å². The summed E-state index contributed by atoms with van der Waals surface area (Å²) in [5.74, 6) is 0.125. The van der Waals surface area contributed by atoms with Crippen molar-refractivity contribution >= 4 is 17.3 Å². The highest BCUT2D eigenvalue weighted by Gasteiger charge is 2.15. The molecule has 0 bridgehead atoms. The SMILES string of the molecule is [N]C1=CC=C(Cl)CN1c1cccc(C#N)c1. The zero-order valence-corrected chi connectivity index (χ0v) is 9.15. The molecular formula is C12H8ClN3. The molecule has 0 fully saturated rings. The van der Waals surface area contributed by atoms with Crippen molar-refractivity contribution in [1.29, 1.82) is 5.26 Å². The van der Waals surface area contributed by atoms with Gasteiger partial charge in [-0.2, -0.15) is 5.26 Å². The second kappa shape index (κ2) is 4.30. The minimum absolute atomic E-state index is 0.125. The fourth-order valence-corrected chi connectivity index (χ4v) is 1.69. The third-order valence-electron chi connectivity index (χ3n) is 2.29. The monoisotopic (exact) mass is 229 g/mol. The molecule has 0 unspecified atom stereocenters. The van der Waals surface area contributed by atoms with Crippen LogP contribution in [0.3, 0.4) is 0 Å². The zero-order valence-electron chi connectivity index (χ0n) is 8.39. The minimum atomic E-state index is 0.125. The average molecular weight is 230 g/mol. The van der Waals surface area contributed by atoms with E-state index in [0.29, 0.717) is 17.1 Å². The van der Waals surface area contributed by atoms with Gasteiger partial charge in [0, 0.05) is 10.7 Å². The van der Waals surface area contributed by atoms with Crippen molar-refractivity contribution in [3.63, 3.8) is 0 Å². The molecule has 4 heteroatoms. The topological polar surface area (TPSA) is 49.3 Å². The lowest BCUT2D eigenvalue weighted by Crippen LogP contribution is -2.26. The van der Waals surface area contributed by atoms with Crippen molar-refractivity contribution in [3.05, 3.63) is 52.8 Å². The van der Waals surface area contributed by atoms with Crippen LogP contribution in [-0.2, 0) is 0 Å². The first-order valence-corrected chi connectivity index (χ1v) is 5.11. The maximum atomic E-state index is 9.70. The molecule has 1 aromatic rings. The number of allylic oxidation sites excluding steroid dienone is 2. The average Bonchev–Trinajstić information content (AvgIpc) is 2.32. The van der Waals surface area contributed by atoms with Crippen molar-refractivity contribution in [2.45, 2.75) is 0 Å². The van der Waals surface area contributed by atoms with Gasteiger partial charge in [-0.1, -0.05) is 17.7 Å². The summed E-state index contributed by atoms with van der Waals surface area (Å²) in [5, 5.41) is 9.43. The van der Waals surface area contributed by atoms with Gasteiger partial charge in [0.25, 0.3) is 0 Å². The molecular weight excluding hydrogens is 222 g/mol. The van der Waals surface area contributed by atoms with E-state index in [1.54, 1.807) is 29.2 Å². The molecule has 1 aliphatic rings. The van der Waals surface area contributed by atoms with Crippen LogP contribution in [0.25, 0.3) is 0 Å². The van der Waals surface area contributed by atoms with Gasteiger partial charge in [-0.3, -0.25) is 0 Å². The largest absolute Gasteiger partial charge is 0.320 e. The van der Waals surface area contributed by atoms with E-state index in [-0.39, 0.29) is 5.82 Å². The quantitative estimate of drug-likeness (QED) is 0.743. The van der Waals surface area contributed by atoms with Crippen LogP contribution >= 0.6 is 11.6 Å². The number of nitrogens with zero attached hydrogens (tertiary/aromatic N) is 3. The number of halogens is 1. The molecule has 0 aliphatic carbocycles. The van der Waals surface area contributed by atoms with Gasteiger partial charge in [0.1, 0.15) is 0 Å². The van der Waals surface area contributed by atoms with Gasteiger partial charge in [-0.05, 0) is 30.4 Å². The molecule has 2 radical (unpaired) electrons. The Morgan fingerprint density at radius 3 is 2.88 bits per heavy atom. The number of anilines is 1. The van der Waals surface area contributed by atoms with Gasteiger partial charge >= 0.3 is 0 Å². The smallest absolute Gasteiger partial charge is 0.156 e. The zero-order chi connectivity index (χ0) is 11.5. The first-order valence-electron chi connectivity index (χ1n) is 4.74. The highest BCUT2D eigenvalue weighted by atomic mass is 35.5. The normalized spacial score (nSPS) is 15.1. The third-order valence-corrected chi connectivity index (χ3v) is 2.53. The fourth-order valence-electron chi connectivity index (χ4n) is 1.51. The molecule has 78 valence electrons. The Morgan fingerprint density at radius 2 is 2.12 bits per heavy atom. The van der Waals surface area contributed by atoms with Gasteiger partial charge in [0.15, 0.2) is 5.82 Å². The van der Waals surface area contributed by atoms with Gasteiger partial charge < -0.3 is 4.90 Å². The van der Waals surface area contributed by atoms with E-state index < -0.39 is 0 Å². The van der Waals surface area contributed by atoms with E-state index in [9.17, 15) is 5.73 Å². The highest BCUT2D eigenvalue weighted by molar-refractivity contribution is 6.30. The van der Waals surface area contributed by atoms with Crippen LogP contribution in [0.2, 0.25) is 0 Å². The summed E-state index contributed by atoms with van der Waals surface area (Å²) in [4.78, 5) is 1.64. The summed E-state index contributed by atoms with van der Waals surface area (Å²) < 4.78 is 0. The summed E-state index contributed by atoms with van der Waals surface area (Å²) in [6.45, 7) is 0.415. The Kier molecular flexibility index (Phi) is 2.84. The van der Waals surface area contributed by atoms with Crippen molar-refractivity contribution in [1.82, 2.24) is 5.73 Å². The van der Waals surface area contributed by atoms with Crippen LogP contribution in [0.4, 0.5) is 5.69 Å². The first-order chi connectivity index (χ1) is 7.70. The van der Waals surface area contributed by atoms with Crippen LogP contribution in [0.5, 0.6) is 0 Å². The Labute approximate surface area is 99.0 Å². The lowest BCUT2D eigenvalue weighted by Gasteiger charge is -2.25. The third kappa shape index (κ3) is 2.02. The Balaban J connectivity index is 2.35. The second-order valence-corrected chi connectivity index (χ2v) is 3.87. The predicted octanol–water partition coefficient (Wildman–Crippen LogP) is 2.41. The van der Waals surface area contributed by atoms with E-state index in [1.165, 1.54) is 6.08 Å². The molecule has 1 aromatic carbocycles. The molecule has 2 rings (SSSR count). The highest BCUT2D eigenvalue weighted by Crippen LogP contribution is 2.24. The van der Waals surface area contributed by atoms with E-state index in [2.05, 4.69) is 6.07 Å². The number of benzene rings is 1. The summed E-state index contributed by atoms with van der Waals surface area (Å²) in [7, 11) is 0. The van der Waals surface area contributed by atoms with Crippen molar-refractivity contribution < 1.29 is 0 Å². The Morgan fingerprint density at radius 1 is 1.31 bits per heavy atom. The van der Waals surface area contributed by atoms with Crippen LogP contribution in [0.1, 0.15) is 5.56 Å². The Hall–Kier alpha value is -1.92. The van der Waals surface area contributed by atoms with Gasteiger partial charge in [0.05, 0.1) is 18.2 Å². The van der Waals surface area contributed by atoms with Gasteiger partial charge in [0.2, 0.25) is 0 Å². The molecule has 0 atom stereocenters. The number of hydrogen-bond acceptors (Lipinski definition) is 2. The van der Waals surface area contributed by atoms with Crippen molar-refractivity contribution in [2.24, 2.45) is 0 Å². The summed E-state index contributed by atoms with van der Waals surface area (Å²) in [6.07, 6.45) is 3.19.